The molecule has 186 valence electrons. The maximum atomic E-state index is 12.2. The zero-order valence-corrected chi connectivity index (χ0v) is 24.2. The molecule has 0 radical (unpaired) electrons. The summed E-state index contributed by atoms with van der Waals surface area (Å²) in [4.78, 5) is 23.2. The third kappa shape index (κ3) is 5.38. The van der Waals surface area contributed by atoms with Gasteiger partial charge in [0.15, 0.2) is 11.2 Å². The van der Waals surface area contributed by atoms with Crippen molar-refractivity contribution < 1.29 is 8.85 Å². The highest BCUT2D eigenvalue weighted by Crippen LogP contribution is 2.41. The van der Waals surface area contributed by atoms with Crippen LogP contribution in [0.1, 0.15) is 47.1 Å². The molecule has 3 N–H and O–H groups in total. The lowest BCUT2D eigenvalue weighted by atomic mass is 10.2. The van der Waals surface area contributed by atoms with E-state index in [0.717, 1.165) is 17.1 Å². The largest absolute Gasteiger partial charge is 0.543 e. The first kappa shape index (κ1) is 26.0. The average molecular weight is 502 g/mol. The molecule has 34 heavy (non-hydrogen) atoms. The van der Waals surface area contributed by atoms with Crippen LogP contribution in [0.25, 0.3) is 11.2 Å². The van der Waals surface area contributed by atoms with Crippen molar-refractivity contribution in [1.29, 1.82) is 0 Å². The molecule has 0 aliphatic rings. The summed E-state index contributed by atoms with van der Waals surface area (Å²) in [5.41, 5.74) is 7.12. The van der Waals surface area contributed by atoms with E-state index in [9.17, 15) is 4.79 Å². The van der Waals surface area contributed by atoms with Crippen molar-refractivity contribution in [3.05, 3.63) is 40.4 Å². The highest BCUT2D eigenvalue weighted by Gasteiger charge is 2.40. The average Bonchev–Trinajstić information content (AvgIpc) is 3.01. The van der Waals surface area contributed by atoms with Gasteiger partial charge < -0.3 is 19.2 Å². The van der Waals surface area contributed by atoms with Crippen molar-refractivity contribution in [3.8, 4) is 11.5 Å². The zero-order chi connectivity index (χ0) is 25.7. The maximum absolute atomic E-state index is 12.2. The van der Waals surface area contributed by atoms with Crippen molar-refractivity contribution in [1.82, 2.24) is 19.5 Å². The first-order chi connectivity index (χ1) is 15.4. The van der Waals surface area contributed by atoms with Crippen molar-refractivity contribution in [2.75, 3.05) is 5.73 Å². The second kappa shape index (κ2) is 8.56. The van der Waals surface area contributed by atoms with Crippen LogP contribution in [-0.2, 0) is 6.54 Å². The van der Waals surface area contributed by atoms with E-state index >= 15 is 0 Å². The third-order valence-corrected chi connectivity index (χ3v) is 15.9. The second-order valence-corrected chi connectivity index (χ2v) is 21.5. The Hall–Kier alpha value is -2.60. The number of benzene rings is 1. The van der Waals surface area contributed by atoms with Crippen LogP contribution >= 0.6 is 0 Å². The Labute approximate surface area is 204 Å². The van der Waals surface area contributed by atoms with Crippen molar-refractivity contribution in [2.45, 2.75) is 84.4 Å². The zero-order valence-electron chi connectivity index (χ0n) is 22.2. The summed E-state index contributed by atoms with van der Waals surface area (Å²) in [6.45, 7) is 22.7. The van der Waals surface area contributed by atoms with Crippen LogP contribution in [0.5, 0.6) is 11.5 Å². The van der Waals surface area contributed by atoms with Crippen LogP contribution < -0.4 is 20.1 Å². The number of aromatic nitrogens is 4. The van der Waals surface area contributed by atoms with Gasteiger partial charge in [-0.1, -0.05) is 41.5 Å². The summed E-state index contributed by atoms with van der Waals surface area (Å²) in [5.74, 6) is 1.66. The lowest BCUT2D eigenvalue weighted by molar-refractivity contribution is 0.473. The summed E-state index contributed by atoms with van der Waals surface area (Å²) in [7, 11) is -4.12. The number of fused-ring (bicyclic) bond motifs is 1. The fourth-order valence-corrected chi connectivity index (χ4v) is 5.05. The number of hydrogen-bond donors (Lipinski definition) is 2. The maximum Gasteiger partial charge on any atom is 0.280 e. The van der Waals surface area contributed by atoms with Gasteiger partial charge in [-0.05, 0) is 54.0 Å². The minimum Gasteiger partial charge on any atom is -0.543 e. The predicted octanol–water partition coefficient (Wildman–Crippen LogP) is 5.52. The fraction of sp³-hybridized carbons (Fsp3) is 0.542. The smallest absolute Gasteiger partial charge is 0.280 e. The number of imidazole rings is 1. The van der Waals surface area contributed by atoms with E-state index in [0.29, 0.717) is 12.2 Å². The van der Waals surface area contributed by atoms with E-state index in [1.807, 2.05) is 22.8 Å². The van der Waals surface area contributed by atoms with Crippen molar-refractivity contribution >= 4 is 33.7 Å². The summed E-state index contributed by atoms with van der Waals surface area (Å²) in [6.07, 6.45) is 1.61. The highest BCUT2D eigenvalue weighted by molar-refractivity contribution is 6.75. The van der Waals surface area contributed by atoms with Crippen LogP contribution in [0.15, 0.2) is 29.3 Å². The normalized spacial score (nSPS) is 13.4. The topological polar surface area (TPSA) is 108 Å². The number of nitrogens with two attached hydrogens (primary N) is 1. The van der Waals surface area contributed by atoms with Gasteiger partial charge in [-0.3, -0.25) is 9.78 Å². The number of H-pyrrole nitrogens is 1. The van der Waals surface area contributed by atoms with Crippen LogP contribution in [0.3, 0.4) is 0 Å². The lowest BCUT2D eigenvalue weighted by Gasteiger charge is -2.38. The van der Waals surface area contributed by atoms with E-state index in [-0.39, 0.29) is 27.1 Å². The van der Waals surface area contributed by atoms with Gasteiger partial charge in [0.2, 0.25) is 22.6 Å². The van der Waals surface area contributed by atoms with Crippen LogP contribution in [0.2, 0.25) is 36.3 Å². The summed E-state index contributed by atoms with van der Waals surface area (Å²) < 4.78 is 15.1. The molecule has 0 atom stereocenters. The molecule has 0 spiro atoms. The van der Waals surface area contributed by atoms with Crippen LogP contribution in [0.4, 0.5) is 5.95 Å². The molecule has 3 rings (SSSR count). The highest BCUT2D eigenvalue weighted by atomic mass is 28.4. The minimum atomic E-state index is -2.06. The minimum absolute atomic E-state index is 0.0620. The molecule has 8 nitrogen and oxygen atoms in total. The summed E-state index contributed by atoms with van der Waals surface area (Å²) in [5, 5.41) is 0.124. The van der Waals surface area contributed by atoms with Gasteiger partial charge in [-0.15, -0.1) is 0 Å². The molecular formula is C24H39N5O3Si2. The number of nitrogen functional groups attached to an aromatic ring is 1. The Morgan fingerprint density at radius 3 is 1.91 bits per heavy atom. The molecular weight excluding hydrogens is 462 g/mol. The Morgan fingerprint density at radius 1 is 0.941 bits per heavy atom. The number of nitrogens with one attached hydrogen (secondary N) is 1. The standard InChI is InChI=1S/C24H39N5O3Si2/c1-23(2,3)33(7,8)31-17-11-16(12-18(13-17)32-34(9,10)24(4,5)6)14-29-15-26-19-20(29)27-22(25)28-21(19)30/h11-13,15H,14H2,1-10H3,(H3,25,27,28,30). The van der Waals surface area contributed by atoms with Crippen molar-refractivity contribution in [3.63, 3.8) is 0 Å². The molecule has 0 bridgehead atoms. The molecule has 0 aliphatic heterocycles. The Morgan fingerprint density at radius 2 is 1.44 bits per heavy atom. The van der Waals surface area contributed by atoms with Crippen molar-refractivity contribution in [2.24, 2.45) is 0 Å². The first-order valence-electron chi connectivity index (χ1n) is 11.6. The first-order valence-corrected chi connectivity index (χ1v) is 17.4. The molecule has 2 aromatic heterocycles. The molecule has 3 aromatic rings. The van der Waals surface area contributed by atoms with Crippen LogP contribution in [-0.4, -0.2) is 36.2 Å². The predicted molar refractivity (Wildman–Crippen MR) is 144 cm³/mol. The molecule has 0 saturated carbocycles. The van der Waals surface area contributed by atoms with E-state index in [4.69, 9.17) is 14.6 Å². The molecule has 0 amide bonds. The molecule has 1 aromatic carbocycles. The number of hydrogen-bond acceptors (Lipinski definition) is 6. The van der Waals surface area contributed by atoms with Gasteiger partial charge in [0, 0.05) is 6.07 Å². The third-order valence-electron chi connectivity index (χ3n) is 7.14. The number of aromatic amines is 1. The number of nitrogens with zero attached hydrogens (tertiary/aromatic N) is 3. The van der Waals surface area contributed by atoms with Gasteiger partial charge >= 0.3 is 0 Å². The van der Waals surface area contributed by atoms with Gasteiger partial charge in [0.1, 0.15) is 11.5 Å². The Bertz CT molecular complexity index is 1200. The quantitative estimate of drug-likeness (QED) is 0.431. The van der Waals surface area contributed by atoms with E-state index < -0.39 is 16.6 Å². The van der Waals surface area contributed by atoms with Gasteiger partial charge in [0.05, 0.1) is 12.9 Å². The Balaban J connectivity index is 2.06. The summed E-state index contributed by atoms with van der Waals surface area (Å²) in [6, 6.07) is 6.10. The number of anilines is 1. The van der Waals surface area contributed by atoms with E-state index in [1.54, 1.807) is 6.33 Å². The van der Waals surface area contributed by atoms with E-state index in [1.165, 1.54) is 0 Å². The molecule has 0 saturated heterocycles. The van der Waals surface area contributed by atoms with Gasteiger partial charge in [0.25, 0.3) is 5.56 Å². The lowest BCUT2D eigenvalue weighted by Crippen LogP contribution is -2.44. The molecule has 0 unspecified atom stereocenters. The molecule has 2 heterocycles. The Kier molecular flexibility index (Phi) is 6.55. The van der Waals surface area contributed by atoms with E-state index in [2.05, 4.69) is 82.7 Å². The monoisotopic (exact) mass is 501 g/mol. The van der Waals surface area contributed by atoms with Crippen LogP contribution in [0, 0.1) is 0 Å². The van der Waals surface area contributed by atoms with Gasteiger partial charge in [-0.25, -0.2) is 4.98 Å². The SMILES string of the molecule is CC(C)(C)[Si](C)(C)Oc1cc(Cn2cnc3c(=O)[nH]c(N)nc32)cc(O[Si](C)(C)C(C)(C)C)c1. The molecule has 0 fully saturated rings. The second-order valence-electron chi connectivity index (χ2n) is 12.0. The fourth-order valence-electron chi connectivity index (χ4n) is 3.02. The summed E-state index contributed by atoms with van der Waals surface area (Å²) >= 11 is 0. The van der Waals surface area contributed by atoms with Gasteiger partial charge in [-0.2, -0.15) is 4.98 Å². The molecule has 10 heteroatoms. The molecule has 0 aliphatic carbocycles. The number of rotatable bonds is 6.